The molecular formula is C13H16N2O2. The zero-order chi connectivity index (χ0) is 11.8. The number of nitrogens with one attached hydrogen (secondary N) is 2. The summed E-state index contributed by atoms with van der Waals surface area (Å²) in [7, 11) is 1.67. The van der Waals surface area contributed by atoms with Crippen LogP contribution in [0.4, 0.5) is 0 Å². The molecule has 1 aliphatic heterocycles. The molecule has 0 aliphatic carbocycles. The molecule has 2 unspecified atom stereocenters. The van der Waals surface area contributed by atoms with E-state index in [0.29, 0.717) is 0 Å². The van der Waals surface area contributed by atoms with Gasteiger partial charge in [0.1, 0.15) is 5.75 Å². The van der Waals surface area contributed by atoms with Gasteiger partial charge in [-0.25, -0.2) is 0 Å². The van der Waals surface area contributed by atoms with E-state index in [4.69, 9.17) is 4.74 Å². The molecule has 17 heavy (non-hydrogen) atoms. The van der Waals surface area contributed by atoms with Gasteiger partial charge in [-0.05, 0) is 31.2 Å². The average Bonchev–Trinajstić information content (AvgIpc) is 2.94. The van der Waals surface area contributed by atoms with Crippen molar-refractivity contribution in [1.29, 1.82) is 0 Å². The third kappa shape index (κ3) is 1.69. The summed E-state index contributed by atoms with van der Waals surface area (Å²) >= 11 is 0. The van der Waals surface area contributed by atoms with Crippen LogP contribution in [0.5, 0.6) is 5.75 Å². The predicted molar refractivity (Wildman–Crippen MR) is 66.2 cm³/mol. The van der Waals surface area contributed by atoms with Gasteiger partial charge in [0.25, 0.3) is 0 Å². The molecular weight excluding hydrogens is 216 g/mol. The lowest BCUT2D eigenvalue weighted by molar-refractivity contribution is 0.158. The first-order valence-electron chi connectivity index (χ1n) is 5.86. The monoisotopic (exact) mass is 232 g/mol. The minimum absolute atomic E-state index is 0.0300. The number of hydrogen-bond acceptors (Lipinski definition) is 3. The maximum absolute atomic E-state index is 9.96. The second-order valence-electron chi connectivity index (χ2n) is 4.45. The zero-order valence-corrected chi connectivity index (χ0v) is 9.73. The molecule has 2 heterocycles. The summed E-state index contributed by atoms with van der Waals surface area (Å²) in [5.41, 5.74) is 2.09. The highest BCUT2D eigenvalue weighted by atomic mass is 16.5. The summed E-state index contributed by atoms with van der Waals surface area (Å²) in [5.74, 6) is 0.829. The topological polar surface area (TPSA) is 57.3 Å². The lowest BCUT2D eigenvalue weighted by atomic mass is 10.0. The smallest absolute Gasteiger partial charge is 0.124 e. The number of hydrogen-bond donors (Lipinski definition) is 3. The third-order valence-corrected chi connectivity index (χ3v) is 3.43. The van der Waals surface area contributed by atoms with Crippen molar-refractivity contribution in [2.45, 2.75) is 18.6 Å². The molecule has 3 N–H and O–H groups in total. The van der Waals surface area contributed by atoms with Crippen LogP contribution in [0.1, 0.15) is 18.0 Å². The Labute approximate surface area is 99.6 Å². The molecule has 0 bridgehead atoms. The van der Waals surface area contributed by atoms with Crippen LogP contribution in [0, 0.1) is 0 Å². The summed E-state index contributed by atoms with van der Waals surface area (Å²) in [6, 6.07) is 6.05. The second kappa shape index (κ2) is 4.05. The summed E-state index contributed by atoms with van der Waals surface area (Å²) in [6.45, 7) is 0.845. The Kier molecular flexibility index (Phi) is 2.53. The lowest BCUT2D eigenvalue weighted by Crippen LogP contribution is -2.21. The fraction of sp³-hybridized carbons (Fsp3) is 0.385. The van der Waals surface area contributed by atoms with Gasteiger partial charge in [0.15, 0.2) is 0 Å². The number of aliphatic hydroxyl groups is 1. The molecule has 2 atom stereocenters. The molecule has 0 radical (unpaired) electrons. The van der Waals surface area contributed by atoms with Crippen LogP contribution < -0.4 is 10.1 Å². The van der Waals surface area contributed by atoms with E-state index in [1.54, 1.807) is 7.11 Å². The van der Waals surface area contributed by atoms with Gasteiger partial charge in [-0.15, -0.1) is 0 Å². The van der Waals surface area contributed by atoms with Crippen molar-refractivity contribution in [1.82, 2.24) is 10.3 Å². The first kappa shape index (κ1) is 10.6. The van der Waals surface area contributed by atoms with Crippen LogP contribution >= 0.6 is 0 Å². The van der Waals surface area contributed by atoms with E-state index in [1.165, 1.54) is 0 Å². The quantitative estimate of drug-likeness (QED) is 0.736. The Hall–Kier alpha value is -1.52. The van der Waals surface area contributed by atoms with Gasteiger partial charge in [0, 0.05) is 22.7 Å². The lowest BCUT2D eigenvalue weighted by Gasteiger charge is -2.18. The largest absolute Gasteiger partial charge is 0.496 e. The summed E-state index contributed by atoms with van der Waals surface area (Å²) in [4.78, 5) is 3.18. The van der Waals surface area contributed by atoms with Crippen molar-refractivity contribution in [3.05, 3.63) is 30.0 Å². The van der Waals surface area contributed by atoms with Crippen molar-refractivity contribution in [3.8, 4) is 5.75 Å². The molecule has 1 aromatic carbocycles. The maximum Gasteiger partial charge on any atom is 0.124 e. The number of benzene rings is 1. The molecule has 0 amide bonds. The molecule has 1 aliphatic rings. The van der Waals surface area contributed by atoms with Gasteiger partial charge in [-0.3, -0.25) is 0 Å². The Balaban J connectivity index is 2.12. The van der Waals surface area contributed by atoms with Crippen LogP contribution in [-0.2, 0) is 0 Å². The predicted octanol–water partition coefficient (Wildman–Crippen LogP) is 1.57. The third-order valence-electron chi connectivity index (χ3n) is 3.43. The molecule has 2 aromatic rings. The van der Waals surface area contributed by atoms with E-state index in [-0.39, 0.29) is 12.1 Å². The number of ether oxygens (including phenoxy) is 1. The maximum atomic E-state index is 9.96. The van der Waals surface area contributed by atoms with E-state index in [9.17, 15) is 5.11 Å². The molecule has 3 rings (SSSR count). The van der Waals surface area contributed by atoms with Crippen LogP contribution in [0.25, 0.3) is 10.9 Å². The Morgan fingerprint density at radius 1 is 1.41 bits per heavy atom. The van der Waals surface area contributed by atoms with Crippen molar-refractivity contribution in [2.75, 3.05) is 13.7 Å². The van der Waals surface area contributed by atoms with Gasteiger partial charge in [-0.2, -0.15) is 0 Å². The van der Waals surface area contributed by atoms with Crippen LogP contribution in [0.3, 0.4) is 0 Å². The van der Waals surface area contributed by atoms with Crippen LogP contribution in [0.2, 0.25) is 0 Å². The highest BCUT2D eigenvalue weighted by Gasteiger charge is 2.28. The van der Waals surface area contributed by atoms with E-state index < -0.39 is 0 Å². The van der Waals surface area contributed by atoms with Crippen molar-refractivity contribution >= 4 is 10.9 Å². The number of aliphatic hydroxyl groups excluding tert-OH is 1. The second-order valence-corrected chi connectivity index (χ2v) is 4.45. The van der Waals surface area contributed by atoms with E-state index in [0.717, 1.165) is 35.2 Å². The molecule has 4 nitrogen and oxygen atoms in total. The number of fused-ring (bicyclic) bond motifs is 1. The number of aromatic amines is 1. The zero-order valence-electron chi connectivity index (χ0n) is 9.73. The first-order chi connectivity index (χ1) is 8.29. The van der Waals surface area contributed by atoms with E-state index in [1.807, 2.05) is 18.3 Å². The summed E-state index contributed by atoms with van der Waals surface area (Å²) in [6.07, 6.45) is 2.36. The molecule has 90 valence electrons. The van der Waals surface area contributed by atoms with Gasteiger partial charge >= 0.3 is 0 Å². The number of H-pyrrole nitrogens is 1. The van der Waals surface area contributed by atoms with E-state index in [2.05, 4.69) is 16.4 Å². The SMILES string of the molecule is COc1cc2cc[nH]c2cc1C1NCCC1O. The molecule has 0 saturated carbocycles. The normalized spacial score (nSPS) is 24.4. The molecule has 1 fully saturated rings. The number of rotatable bonds is 2. The van der Waals surface area contributed by atoms with Crippen LogP contribution in [0.15, 0.2) is 24.4 Å². The Bertz CT molecular complexity index is 535. The fourth-order valence-electron chi connectivity index (χ4n) is 2.52. The van der Waals surface area contributed by atoms with Gasteiger partial charge in [0.2, 0.25) is 0 Å². The highest BCUT2D eigenvalue weighted by Crippen LogP contribution is 2.34. The highest BCUT2D eigenvalue weighted by molar-refractivity contribution is 5.82. The number of methoxy groups -OCH3 is 1. The first-order valence-corrected chi connectivity index (χ1v) is 5.86. The van der Waals surface area contributed by atoms with Crippen LogP contribution in [-0.4, -0.2) is 29.8 Å². The molecule has 1 aromatic heterocycles. The minimum atomic E-state index is -0.337. The standard InChI is InChI=1S/C13H16N2O2/c1-17-12-6-8-2-4-14-10(8)7-9(12)13-11(16)3-5-15-13/h2,4,6-7,11,13-16H,3,5H2,1H3. The minimum Gasteiger partial charge on any atom is -0.496 e. The van der Waals surface area contributed by atoms with Gasteiger partial charge < -0.3 is 20.1 Å². The Morgan fingerprint density at radius 3 is 3.00 bits per heavy atom. The Morgan fingerprint density at radius 2 is 2.29 bits per heavy atom. The van der Waals surface area contributed by atoms with Gasteiger partial charge in [-0.1, -0.05) is 0 Å². The summed E-state index contributed by atoms with van der Waals surface area (Å²) < 4.78 is 5.42. The molecule has 4 heteroatoms. The number of aromatic nitrogens is 1. The van der Waals surface area contributed by atoms with Crippen molar-refractivity contribution < 1.29 is 9.84 Å². The molecule has 0 spiro atoms. The van der Waals surface area contributed by atoms with Gasteiger partial charge in [0.05, 0.1) is 19.3 Å². The average molecular weight is 232 g/mol. The van der Waals surface area contributed by atoms with E-state index >= 15 is 0 Å². The van der Waals surface area contributed by atoms with Crippen molar-refractivity contribution in [3.63, 3.8) is 0 Å². The molecule has 1 saturated heterocycles. The fourth-order valence-corrected chi connectivity index (χ4v) is 2.52. The summed E-state index contributed by atoms with van der Waals surface area (Å²) in [5, 5.41) is 14.4. The van der Waals surface area contributed by atoms with Crippen molar-refractivity contribution in [2.24, 2.45) is 0 Å².